The molecule has 7 heteroatoms. The molecule has 2 aromatic rings. The number of ether oxygens (including phenoxy) is 2. The maximum Gasteiger partial charge on any atom is 0.307 e. The van der Waals surface area contributed by atoms with Crippen LogP contribution in [0.3, 0.4) is 0 Å². The Morgan fingerprint density at radius 1 is 1.32 bits per heavy atom. The second-order valence-corrected chi connectivity index (χ2v) is 6.03. The number of pyridine rings is 1. The van der Waals surface area contributed by atoms with E-state index in [4.69, 9.17) is 21.1 Å². The zero-order valence-corrected chi connectivity index (χ0v) is 14.6. The number of aromatic nitrogens is 1. The highest BCUT2D eigenvalue weighted by atomic mass is 35.5. The Hall–Kier alpha value is -2.60. The number of hydrogen-bond acceptors (Lipinski definition) is 5. The zero-order valence-electron chi connectivity index (χ0n) is 13.8. The molecular formula is C18H17ClN2O4. The van der Waals surface area contributed by atoms with Crippen molar-refractivity contribution in [3.8, 4) is 5.88 Å². The van der Waals surface area contributed by atoms with E-state index in [1.807, 2.05) is 6.92 Å². The molecule has 0 radical (unpaired) electrons. The van der Waals surface area contributed by atoms with Crippen LogP contribution in [0.15, 0.2) is 36.5 Å². The second kappa shape index (κ2) is 6.72. The van der Waals surface area contributed by atoms with Gasteiger partial charge in [-0.3, -0.25) is 9.59 Å². The summed E-state index contributed by atoms with van der Waals surface area (Å²) >= 11 is 6.16. The first-order chi connectivity index (χ1) is 12.0. The van der Waals surface area contributed by atoms with Gasteiger partial charge in [0.15, 0.2) is 0 Å². The number of rotatable bonds is 5. The van der Waals surface area contributed by atoms with Gasteiger partial charge in [-0.2, -0.15) is 0 Å². The first kappa shape index (κ1) is 17.2. The second-order valence-electron chi connectivity index (χ2n) is 5.59. The van der Waals surface area contributed by atoms with Crippen LogP contribution < -0.4 is 10.1 Å². The van der Waals surface area contributed by atoms with Crippen molar-refractivity contribution < 1.29 is 19.1 Å². The van der Waals surface area contributed by atoms with Gasteiger partial charge in [0, 0.05) is 22.5 Å². The molecule has 0 fully saturated rings. The number of nitrogens with zero attached hydrogens (tertiary/aromatic N) is 1. The van der Waals surface area contributed by atoms with Crippen LogP contribution in [0, 0.1) is 0 Å². The molecule has 0 saturated carbocycles. The lowest BCUT2D eigenvalue weighted by molar-refractivity contribution is -0.143. The average molecular weight is 361 g/mol. The maximum atomic E-state index is 13.0. The molecule has 1 atom stereocenters. The fourth-order valence-corrected chi connectivity index (χ4v) is 3.30. The number of fused-ring (bicyclic) bond motifs is 1. The molecule has 2 heterocycles. The Labute approximate surface area is 150 Å². The standard InChI is InChI=1S/C18H17ClN2O4/c1-3-25-16-12(5-4-8-20-16)18(10-15(22)24-2)13-9-11(19)6-7-14(13)21-17(18)23/h4-9H,3,10H2,1-2H3,(H,21,23). The van der Waals surface area contributed by atoms with Crippen LogP contribution in [0.4, 0.5) is 5.69 Å². The van der Waals surface area contributed by atoms with Crippen molar-refractivity contribution in [3.05, 3.63) is 52.7 Å². The molecule has 130 valence electrons. The van der Waals surface area contributed by atoms with E-state index in [-0.39, 0.29) is 12.3 Å². The number of nitrogens with one attached hydrogen (secondary N) is 1. The summed E-state index contributed by atoms with van der Waals surface area (Å²) in [5.41, 5.74) is 0.390. The van der Waals surface area contributed by atoms with E-state index in [9.17, 15) is 9.59 Å². The number of halogens is 1. The van der Waals surface area contributed by atoms with Crippen LogP contribution in [-0.2, 0) is 19.7 Å². The summed E-state index contributed by atoms with van der Waals surface area (Å²) in [5, 5.41) is 3.29. The molecule has 0 spiro atoms. The Morgan fingerprint density at radius 3 is 2.84 bits per heavy atom. The van der Waals surface area contributed by atoms with Gasteiger partial charge >= 0.3 is 5.97 Å². The maximum absolute atomic E-state index is 13.0. The lowest BCUT2D eigenvalue weighted by Crippen LogP contribution is -2.39. The molecule has 1 aromatic carbocycles. The van der Waals surface area contributed by atoms with Crippen LogP contribution in [0.5, 0.6) is 5.88 Å². The van der Waals surface area contributed by atoms with Gasteiger partial charge in [0.2, 0.25) is 11.8 Å². The fourth-order valence-electron chi connectivity index (χ4n) is 3.12. The first-order valence-corrected chi connectivity index (χ1v) is 8.17. The molecule has 1 aliphatic heterocycles. The molecule has 1 aliphatic rings. The van der Waals surface area contributed by atoms with Crippen LogP contribution in [0.1, 0.15) is 24.5 Å². The SMILES string of the molecule is CCOc1ncccc1C1(CC(=O)OC)C(=O)Nc2ccc(Cl)cc21. The summed E-state index contributed by atoms with van der Waals surface area (Å²) in [5.74, 6) is -0.560. The molecule has 3 rings (SSSR count). The third-order valence-corrected chi connectivity index (χ3v) is 4.46. The van der Waals surface area contributed by atoms with Crippen molar-refractivity contribution in [1.82, 2.24) is 4.98 Å². The van der Waals surface area contributed by atoms with Crippen LogP contribution in [-0.4, -0.2) is 30.6 Å². The summed E-state index contributed by atoms with van der Waals surface area (Å²) in [6.07, 6.45) is 1.39. The van der Waals surface area contributed by atoms with Gasteiger partial charge in [0.1, 0.15) is 5.41 Å². The first-order valence-electron chi connectivity index (χ1n) is 7.79. The molecule has 0 saturated heterocycles. The highest BCUT2D eigenvalue weighted by Crippen LogP contribution is 2.48. The van der Waals surface area contributed by atoms with Gasteiger partial charge in [-0.1, -0.05) is 17.7 Å². The number of carbonyl (C=O) groups excluding carboxylic acids is 2. The summed E-state index contributed by atoms with van der Waals surface area (Å²) in [6, 6.07) is 8.51. The van der Waals surface area contributed by atoms with E-state index in [2.05, 4.69) is 10.3 Å². The molecule has 1 unspecified atom stereocenters. The van der Waals surface area contributed by atoms with E-state index < -0.39 is 11.4 Å². The highest BCUT2D eigenvalue weighted by molar-refractivity contribution is 6.31. The summed E-state index contributed by atoms with van der Waals surface area (Å²) in [4.78, 5) is 29.4. The minimum atomic E-state index is -1.31. The Morgan fingerprint density at radius 2 is 2.12 bits per heavy atom. The van der Waals surface area contributed by atoms with E-state index in [0.29, 0.717) is 34.3 Å². The number of esters is 1. The predicted octanol–water partition coefficient (Wildman–Crippen LogP) is 2.94. The monoisotopic (exact) mass is 360 g/mol. The summed E-state index contributed by atoms with van der Waals surface area (Å²) in [6.45, 7) is 2.20. The van der Waals surface area contributed by atoms with Gasteiger partial charge < -0.3 is 14.8 Å². The number of anilines is 1. The van der Waals surface area contributed by atoms with Crippen molar-refractivity contribution in [3.63, 3.8) is 0 Å². The van der Waals surface area contributed by atoms with Gasteiger partial charge in [0.25, 0.3) is 0 Å². The Kier molecular flexibility index (Phi) is 4.63. The van der Waals surface area contributed by atoms with E-state index in [1.165, 1.54) is 7.11 Å². The van der Waals surface area contributed by atoms with Crippen molar-refractivity contribution >= 4 is 29.2 Å². The van der Waals surface area contributed by atoms with Crippen LogP contribution in [0.2, 0.25) is 5.02 Å². The lowest BCUT2D eigenvalue weighted by atomic mass is 9.73. The lowest BCUT2D eigenvalue weighted by Gasteiger charge is -2.28. The number of methoxy groups -OCH3 is 1. The Balaban J connectivity index is 2.29. The normalized spacial score (nSPS) is 18.4. The third kappa shape index (κ3) is 2.82. The van der Waals surface area contributed by atoms with Gasteiger partial charge in [-0.25, -0.2) is 4.98 Å². The molecular weight excluding hydrogens is 344 g/mol. The van der Waals surface area contributed by atoms with Gasteiger partial charge in [-0.15, -0.1) is 0 Å². The van der Waals surface area contributed by atoms with E-state index in [1.54, 1.807) is 36.5 Å². The number of hydrogen-bond donors (Lipinski definition) is 1. The van der Waals surface area contributed by atoms with Crippen molar-refractivity contribution in [2.75, 3.05) is 19.0 Å². The minimum absolute atomic E-state index is 0.186. The van der Waals surface area contributed by atoms with Crippen molar-refractivity contribution in [1.29, 1.82) is 0 Å². The number of amides is 1. The van der Waals surface area contributed by atoms with Gasteiger partial charge in [0.05, 0.1) is 20.1 Å². The average Bonchev–Trinajstić information content (AvgIpc) is 2.88. The summed E-state index contributed by atoms with van der Waals surface area (Å²) in [7, 11) is 1.29. The van der Waals surface area contributed by atoms with E-state index >= 15 is 0 Å². The molecule has 1 N–H and O–H groups in total. The van der Waals surface area contributed by atoms with Crippen LogP contribution >= 0.6 is 11.6 Å². The molecule has 25 heavy (non-hydrogen) atoms. The van der Waals surface area contributed by atoms with Crippen molar-refractivity contribution in [2.45, 2.75) is 18.8 Å². The predicted molar refractivity (Wildman–Crippen MR) is 92.9 cm³/mol. The third-order valence-electron chi connectivity index (χ3n) is 4.23. The summed E-state index contributed by atoms with van der Waals surface area (Å²) < 4.78 is 10.4. The van der Waals surface area contributed by atoms with E-state index in [0.717, 1.165) is 0 Å². The Bertz CT molecular complexity index is 840. The van der Waals surface area contributed by atoms with Crippen LogP contribution in [0.25, 0.3) is 0 Å². The quantitative estimate of drug-likeness (QED) is 0.829. The van der Waals surface area contributed by atoms with Gasteiger partial charge in [-0.05, 0) is 36.8 Å². The molecule has 0 bridgehead atoms. The number of benzene rings is 1. The molecule has 0 aliphatic carbocycles. The zero-order chi connectivity index (χ0) is 18.0. The molecule has 1 aromatic heterocycles. The molecule has 1 amide bonds. The van der Waals surface area contributed by atoms with Crippen molar-refractivity contribution in [2.24, 2.45) is 0 Å². The highest BCUT2D eigenvalue weighted by Gasteiger charge is 2.52. The number of carbonyl (C=O) groups is 2. The molecule has 6 nitrogen and oxygen atoms in total. The minimum Gasteiger partial charge on any atom is -0.478 e. The fraction of sp³-hybridized carbons (Fsp3) is 0.278. The largest absolute Gasteiger partial charge is 0.478 e. The topological polar surface area (TPSA) is 77.5 Å². The smallest absolute Gasteiger partial charge is 0.307 e.